The summed E-state index contributed by atoms with van der Waals surface area (Å²) in [7, 11) is 1.51. The van der Waals surface area contributed by atoms with Gasteiger partial charge in [0.15, 0.2) is 6.10 Å². The molecule has 1 amide bonds. The van der Waals surface area contributed by atoms with Crippen molar-refractivity contribution >= 4 is 50.8 Å². The fraction of sp³-hybridized carbons (Fsp3) is 0.136. The molecule has 0 radical (unpaired) electrons. The highest BCUT2D eigenvalue weighted by Gasteiger charge is 2.20. The standard InChI is InChI=1S/C22H17ClN2O6/c1-12(30-19-8-7-13(25(27)28)9-16(19)23)22(26)24-17-11-20-15(10-21(17)29-2)14-5-3-4-6-18(14)31-20/h3-12H,1-2H3,(H,24,26). The van der Waals surface area contributed by atoms with E-state index in [9.17, 15) is 14.9 Å². The van der Waals surface area contributed by atoms with Crippen molar-refractivity contribution < 1.29 is 23.6 Å². The van der Waals surface area contributed by atoms with Gasteiger partial charge in [-0.15, -0.1) is 0 Å². The lowest BCUT2D eigenvalue weighted by Gasteiger charge is -2.17. The number of nitrogens with zero attached hydrogens (tertiary/aromatic N) is 1. The molecular weight excluding hydrogens is 424 g/mol. The van der Waals surface area contributed by atoms with Crippen LogP contribution in [0.2, 0.25) is 5.02 Å². The summed E-state index contributed by atoms with van der Waals surface area (Å²) < 4.78 is 16.9. The normalized spacial score (nSPS) is 12.0. The van der Waals surface area contributed by atoms with Crippen LogP contribution in [0.5, 0.6) is 11.5 Å². The van der Waals surface area contributed by atoms with Gasteiger partial charge in [-0.25, -0.2) is 0 Å². The van der Waals surface area contributed by atoms with Crippen LogP contribution in [0.1, 0.15) is 6.92 Å². The number of nitro benzene ring substituents is 1. The number of fused-ring (bicyclic) bond motifs is 3. The van der Waals surface area contributed by atoms with Gasteiger partial charge in [-0.05, 0) is 25.1 Å². The van der Waals surface area contributed by atoms with E-state index in [4.69, 9.17) is 25.5 Å². The number of benzene rings is 3. The number of furan rings is 1. The molecule has 8 nitrogen and oxygen atoms in total. The highest BCUT2D eigenvalue weighted by Crippen LogP contribution is 2.36. The molecule has 158 valence electrons. The third-order valence-corrected chi connectivity index (χ3v) is 5.05. The Bertz CT molecular complexity index is 1320. The third-order valence-electron chi connectivity index (χ3n) is 4.76. The quantitative estimate of drug-likeness (QED) is 0.311. The molecule has 0 aliphatic carbocycles. The van der Waals surface area contributed by atoms with Crippen LogP contribution >= 0.6 is 11.6 Å². The Morgan fingerprint density at radius 2 is 1.87 bits per heavy atom. The monoisotopic (exact) mass is 440 g/mol. The minimum atomic E-state index is -0.935. The fourth-order valence-electron chi connectivity index (χ4n) is 3.20. The molecule has 31 heavy (non-hydrogen) atoms. The summed E-state index contributed by atoms with van der Waals surface area (Å²) in [5, 5.41) is 15.4. The van der Waals surface area contributed by atoms with Gasteiger partial charge < -0.3 is 19.2 Å². The second kappa shape index (κ2) is 8.16. The number of nitro groups is 1. The number of halogens is 1. The van der Waals surface area contributed by atoms with Gasteiger partial charge in [-0.1, -0.05) is 29.8 Å². The van der Waals surface area contributed by atoms with Gasteiger partial charge in [0.05, 0.1) is 22.7 Å². The molecule has 1 heterocycles. The van der Waals surface area contributed by atoms with Gasteiger partial charge in [0.25, 0.3) is 11.6 Å². The number of carbonyl (C=O) groups is 1. The molecular formula is C22H17ClN2O6. The zero-order chi connectivity index (χ0) is 22.1. The van der Waals surface area contributed by atoms with Crippen LogP contribution in [0.15, 0.2) is 59.0 Å². The molecule has 0 aliphatic heterocycles. The van der Waals surface area contributed by atoms with Crippen LogP contribution in [0, 0.1) is 10.1 Å². The van der Waals surface area contributed by atoms with Crippen molar-refractivity contribution in [2.24, 2.45) is 0 Å². The minimum absolute atomic E-state index is 0.0372. The van der Waals surface area contributed by atoms with E-state index < -0.39 is 16.9 Å². The predicted octanol–water partition coefficient (Wildman–Crippen LogP) is 5.56. The third kappa shape index (κ3) is 3.97. The molecule has 0 bridgehead atoms. The van der Waals surface area contributed by atoms with E-state index in [-0.39, 0.29) is 16.5 Å². The first-order chi connectivity index (χ1) is 14.9. The number of methoxy groups -OCH3 is 1. The van der Waals surface area contributed by atoms with Crippen molar-refractivity contribution in [2.75, 3.05) is 12.4 Å². The zero-order valence-corrected chi connectivity index (χ0v) is 17.3. The van der Waals surface area contributed by atoms with Gasteiger partial charge in [0.1, 0.15) is 22.7 Å². The summed E-state index contributed by atoms with van der Waals surface area (Å²) in [4.78, 5) is 23.0. The number of rotatable bonds is 6. The van der Waals surface area contributed by atoms with Crippen LogP contribution in [-0.4, -0.2) is 24.0 Å². The lowest BCUT2D eigenvalue weighted by atomic mass is 10.1. The maximum atomic E-state index is 12.7. The second-order valence-electron chi connectivity index (χ2n) is 6.77. The molecule has 0 aliphatic rings. The van der Waals surface area contributed by atoms with E-state index in [2.05, 4.69) is 5.32 Å². The lowest BCUT2D eigenvalue weighted by molar-refractivity contribution is -0.384. The van der Waals surface area contributed by atoms with E-state index in [0.717, 1.165) is 16.4 Å². The first-order valence-corrected chi connectivity index (χ1v) is 9.66. The lowest BCUT2D eigenvalue weighted by Crippen LogP contribution is -2.30. The number of hydrogen-bond acceptors (Lipinski definition) is 6. The molecule has 0 saturated carbocycles. The van der Waals surface area contributed by atoms with Crippen LogP contribution < -0.4 is 14.8 Å². The molecule has 0 fully saturated rings. The molecule has 1 unspecified atom stereocenters. The highest BCUT2D eigenvalue weighted by atomic mass is 35.5. The fourth-order valence-corrected chi connectivity index (χ4v) is 3.41. The molecule has 4 rings (SSSR count). The van der Waals surface area contributed by atoms with E-state index in [0.29, 0.717) is 17.0 Å². The van der Waals surface area contributed by atoms with Gasteiger partial charge in [0, 0.05) is 29.0 Å². The van der Waals surface area contributed by atoms with Crippen molar-refractivity contribution in [3.63, 3.8) is 0 Å². The van der Waals surface area contributed by atoms with Crippen LogP contribution in [0.4, 0.5) is 11.4 Å². The summed E-state index contributed by atoms with van der Waals surface area (Å²) in [6.07, 6.45) is -0.935. The second-order valence-corrected chi connectivity index (χ2v) is 7.18. The van der Waals surface area contributed by atoms with Gasteiger partial charge in [-0.2, -0.15) is 0 Å². The number of ether oxygens (including phenoxy) is 2. The van der Waals surface area contributed by atoms with Crippen LogP contribution in [0.3, 0.4) is 0 Å². The molecule has 0 saturated heterocycles. The van der Waals surface area contributed by atoms with Crippen molar-refractivity contribution in [2.45, 2.75) is 13.0 Å². The largest absolute Gasteiger partial charge is 0.495 e. The Labute approximate surface area is 181 Å². The predicted molar refractivity (Wildman–Crippen MR) is 117 cm³/mol. The highest BCUT2D eigenvalue weighted by molar-refractivity contribution is 6.32. The Morgan fingerprint density at radius 1 is 1.10 bits per heavy atom. The van der Waals surface area contributed by atoms with Gasteiger partial charge in [0.2, 0.25) is 0 Å². The molecule has 9 heteroatoms. The Kier molecular flexibility index (Phi) is 5.39. The first-order valence-electron chi connectivity index (χ1n) is 9.28. The van der Waals surface area contributed by atoms with E-state index in [1.54, 1.807) is 19.1 Å². The smallest absolute Gasteiger partial charge is 0.271 e. The zero-order valence-electron chi connectivity index (χ0n) is 16.5. The summed E-state index contributed by atoms with van der Waals surface area (Å²) in [6, 6.07) is 14.9. The number of para-hydroxylation sites is 1. The number of carbonyl (C=O) groups excluding carboxylic acids is 1. The molecule has 4 aromatic rings. The van der Waals surface area contributed by atoms with Crippen molar-refractivity contribution in [3.8, 4) is 11.5 Å². The average molecular weight is 441 g/mol. The summed E-state index contributed by atoms with van der Waals surface area (Å²) >= 11 is 6.04. The number of non-ortho nitro benzene ring substituents is 1. The SMILES string of the molecule is COc1cc2c(cc1NC(=O)C(C)Oc1ccc([N+](=O)[O-])cc1Cl)oc1ccccc12. The average Bonchev–Trinajstić information content (AvgIpc) is 3.11. The summed E-state index contributed by atoms with van der Waals surface area (Å²) in [5.41, 5.74) is 1.58. The van der Waals surface area contributed by atoms with E-state index in [1.165, 1.54) is 25.3 Å². The number of amides is 1. The van der Waals surface area contributed by atoms with E-state index in [1.807, 2.05) is 24.3 Å². The topological polar surface area (TPSA) is 104 Å². The molecule has 1 N–H and O–H groups in total. The molecule has 1 aromatic heterocycles. The minimum Gasteiger partial charge on any atom is -0.495 e. The molecule has 0 spiro atoms. The van der Waals surface area contributed by atoms with Crippen molar-refractivity contribution in [1.82, 2.24) is 0 Å². The summed E-state index contributed by atoms with van der Waals surface area (Å²) in [5.74, 6) is 0.172. The van der Waals surface area contributed by atoms with Crippen molar-refractivity contribution in [1.29, 1.82) is 0 Å². The van der Waals surface area contributed by atoms with E-state index >= 15 is 0 Å². The van der Waals surface area contributed by atoms with Crippen molar-refractivity contribution in [3.05, 3.63) is 69.7 Å². The number of nitrogens with one attached hydrogen (secondary N) is 1. The maximum absolute atomic E-state index is 12.7. The molecule has 1 atom stereocenters. The van der Waals surface area contributed by atoms with Gasteiger partial charge >= 0.3 is 0 Å². The Balaban J connectivity index is 1.57. The summed E-state index contributed by atoms with van der Waals surface area (Å²) in [6.45, 7) is 1.54. The van der Waals surface area contributed by atoms with Crippen LogP contribution in [0.25, 0.3) is 21.9 Å². The number of hydrogen-bond donors (Lipinski definition) is 1. The molecule has 3 aromatic carbocycles. The van der Waals surface area contributed by atoms with Crippen LogP contribution in [-0.2, 0) is 4.79 Å². The Hall–Kier alpha value is -3.78. The first kappa shape index (κ1) is 20.5. The Morgan fingerprint density at radius 3 is 2.58 bits per heavy atom. The van der Waals surface area contributed by atoms with Gasteiger partial charge in [-0.3, -0.25) is 14.9 Å². The number of anilines is 1. The maximum Gasteiger partial charge on any atom is 0.271 e.